The Kier molecular flexibility index (Phi) is 3.76. The lowest BCUT2D eigenvalue weighted by Gasteiger charge is -1.95. The number of allylic oxidation sites excluding steroid dienone is 1. The van der Waals surface area contributed by atoms with Crippen molar-refractivity contribution in [3.8, 4) is 0 Å². The average molecular weight is 153 g/mol. The minimum atomic E-state index is 0.853. The minimum absolute atomic E-state index is 0.853. The van der Waals surface area contributed by atoms with Crippen molar-refractivity contribution >= 4 is 0 Å². The molecule has 1 rings (SSSR count). The van der Waals surface area contributed by atoms with Gasteiger partial charge in [-0.1, -0.05) is 6.08 Å². The Balaban J connectivity index is 2.13. The fraction of sp³-hybridized carbons (Fsp3) is 0.556. The summed E-state index contributed by atoms with van der Waals surface area (Å²) in [6.07, 6.45) is 8.43. The summed E-state index contributed by atoms with van der Waals surface area (Å²) in [5.41, 5.74) is 0. The van der Waals surface area contributed by atoms with Gasteiger partial charge >= 0.3 is 0 Å². The molecule has 11 heavy (non-hydrogen) atoms. The lowest BCUT2D eigenvalue weighted by Crippen LogP contribution is -2.05. The number of rotatable bonds is 4. The highest BCUT2D eigenvalue weighted by Crippen LogP contribution is 2.09. The van der Waals surface area contributed by atoms with Gasteiger partial charge in [-0.15, -0.1) is 0 Å². The topological polar surface area (TPSA) is 21.3 Å². The van der Waals surface area contributed by atoms with Crippen LogP contribution in [0.25, 0.3) is 0 Å². The van der Waals surface area contributed by atoms with Crippen molar-refractivity contribution in [3.05, 3.63) is 24.0 Å². The molecule has 0 saturated carbocycles. The van der Waals surface area contributed by atoms with E-state index in [1.807, 2.05) is 13.1 Å². The first-order valence-electron chi connectivity index (χ1n) is 4.07. The van der Waals surface area contributed by atoms with Gasteiger partial charge in [0.15, 0.2) is 0 Å². The van der Waals surface area contributed by atoms with Crippen molar-refractivity contribution in [2.24, 2.45) is 0 Å². The molecule has 0 unspecified atom stereocenters. The predicted molar refractivity (Wildman–Crippen MR) is 46.3 cm³/mol. The fourth-order valence-corrected chi connectivity index (χ4v) is 0.980. The number of hydrogen-bond acceptors (Lipinski definition) is 2. The molecule has 0 saturated heterocycles. The quantitative estimate of drug-likeness (QED) is 0.617. The molecule has 0 fully saturated rings. The molecule has 0 aromatic heterocycles. The molecule has 1 aliphatic rings. The van der Waals surface area contributed by atoms with Gasteiger partial charge in [-0.2, -0.15) is 0 Å². The molecule has 0 bridgehead atoms. The predicted octanol–water partition coefficient (Wildman–Crippen LogP) is 1.46. The zero-order chi connectivity index (χ0) is 7.94. The van der Waals surface area contributed by atoms with E-state index in [-0.39, 0.29) is 0 Å². The first-order chi connectivity index (χ1) is 5.43. The van der Waals surface area contributed by atoms with Crippen LogP contribution >= 0.6 is 0 Å². The van der Waals surface area contributed by atoms with Crippen LogP contribution in [0.15, 0.2) is 24.0 Å². The van der Waals surface area contributed by atoms with Crippen LogP contribution in [0.1, 0.15) is 12.8 Å². The molecule has 0 atom stereocenters. The molecular formula is C9H15NO. The molecule has 1 N–H and O–H groups in total. The highest BCUT2D eigenvalue weighted by Gasteiger charge is 1.98. The van der Waals surface area contributed by atoms with E-state index >= 15 is 0 Å². The van der Waals surface area contributed by atoms with Gasteiger partial charge in [-0.05, 0) is 32.2 Å². The van der Waals surface area contributed by atoms with E-state index in [4.69, 9.17) is 4.74 Å². The number of ether oxygens (including phenoxy) is 1. The van der Waals surface area contributed by atoms with E-state index in [1.54, 1.807) is 0 Å². The van der Waals surface area contributed by atoms with E-state index < -0.39 is 0 Å². The zero-order valence-electron chi connectivity index (χ0n) is 6.97. The van der Waals surface area contributed by atoms with Gasteiger partial charge in [0.05, 0.1) is 6.61 Å². The van der Waals surface area contributed by atoms with Crippen LogP contribution in [0.4, 0.5) is 0 Å². The second-order valence-corrected chi connectivity index (χ2v) is 2.54. The first kappa shape index (κ1) is 8.34. The highest BCUT2D eigenvalue weighted by atomic mass is 16.5. The largest absolute Gasteiger partial charge is 0.494 e. The maximum Gasteiger partial charge on any atom is 0.115 e. The lowest BCUT2D eigenvalue weighted by atomic mass is 10.3. The fourth-order valence-electron chi connectivity index (χ4n) is 0.980. The Morgan fingerprint density at radius 1 is 1.73 bits per heavy atom. The Bertz CT molecular complexity index is 161. The van der Waals surface area contributed by atoms with Gasteiger partial charge in [-0.3, -0.25) is 0 Å². The standard InChI is InChI=1S/C9H15NO/c1-10-7-3-2-5-9-6-4-8-11-9/h2,5-6,10H,3-4,7-8H2,1H3/b5-2+. The maximum atomic E-state index is 5.29. The SMILES string of the molecule is CNCC/C=C/C1=CCCO1. The zero-order valence-corrected chi connectivity index (χ0v) is 6.97. The lowest BCUT2D eigenvalue weighted by molar-refractivity contribution is 0.257. The molecule has 62 valence electrons. The first-order valence-corrected chi connectivity index (χ1v) is 4.07. The summed E-state index contributed by atoms with van der Waals surface area (Å²) in [4.78, 5) is 0. The molecule has 0 aromatic carbocycles. The van der Waals surface area contributed by atoms with Gasteiger partial charge in [0.2, 0.25) is 0 Å². The van der Waals surface area contributed by atoms with Crippen molar-refractivity contribution in [3.63, 3.8) is 0 Å². The summed E-state index contributed by atoms with van der Waals surface area (Å²) in [6.45, 7) is 1.88. The normalized spacial score (nSPS) is 17.0. The third kappa shape index (κ3) is 3.23. The van der Waals surface area contributed by atoms with Crippen LogP contribution < -0.4 is 5.32 Å². The van der Waals surface area contributed by atoms with E-state index in [0.717, 1.165) is 31.8 Å². The van der Waals surface area contributed by atoms with E-state index in [0.29, 0.717) is 0 Å². The Hall–Kier alpha value is -0.760. The minimum Gasteiger partial charge on any atom is -0.494 e. The van der Waals surface area contributed by atoms with Crippen molar-refractivity contribution in [2.45, 2.75) is 12.8 Å². The van der Waals surface area contributed by atoms with Gasteiger partial charge in [0.1, 0.15) is 5.76 Å². The van der Waals surface area contributed by atoms with Crippen LogP contribution in [0, 0.1) is 0 Å². The highest BCUT2D eigenvalue weighted by molar-refractivity contribution is 5.14. The Morgan fingerprint density at radius 3 is 3.27 bits per heavy atom. The van der Waals surface area contributed by atoms with E-state index in [9.17, 15) is 0 Å². The average Bonchev–Trinajstić information content (AvgIpc) is 2.50. The van der Waals surface area contributed by atoms with E-state index in [1.165, 1.54) is 0 Å². The van der Waals surface area contributed by atoms with Crippen LogP contribution in [-0.2, 0) is 4.74 Å². The monoisotopic (exact) mass is 153 g/mol. The van der Waals surface area contributed by atoms with Crippen molar-refractivity contribution in [2.75, 3.05) is 20.2 Å². The van der Waals surface area contributed by atoms with Crippen molar-refractivity contribution < 1.29 is 4.74 Å². The summed E-state index contributed by atoms with van der Waals surface area (Å²) < 4.78 is 5.29. The molecule has 1 heterocycles. The van der Waals surface area contributed by atoms with E-state index in [2.05, 4.69) is 17.5 Å². The molecule has 2 heteroatoms. The van der Waals surface area contributed by atoms with Crippen LogP contribution in [-0.4, -0.2) is 20.2 Å². The molecule has 0 aromatic rings. The molecule has 0 spiro atoms. The molecule has 0 radical (unpaired) electrons. The second-order valence-electron chi connectivity index (χ2n) is 2.54. The molecule has 2 nitrogen and oxygen atoms in total. The molecule has 0 aliphatic carbocycles. The second kappa shape index (κ2) is 4.97. The summed E-state index contributed by atoms with van der Waals surface area (Å²) in [7, 11) is 1.96. The van der Waals surface area contributed by atoms with Crippen molar-refractivity contribution in [1.29, 1.82) is 0 Å². The van der Waals surface area contributed by atoms with Gasteiger partial charge in [0.25, 0.3) is 0 Å². The van der Waals surface area contributed by atoms with Gasteiger partial charge < -0.3 is 10.1 Å². The third-order valence-corrected chi connectivity index (χ3v) is 1.58. The summed E-state index contributed by atoms with van der Waals surface area (Å²) >= 11 is 0. The third-order valence-electron chi connectivity index (χ3n) is 1.58. The Labute approximate surface area is 67.9 Å². The van der Waals surface area contributed by atoms with Crippen molar-refractivity contribution in [1.82, 2.24) is 5.32 Å². The number of nitrogens with one attached hydrogen (secondary N) is 1. The van der Waals surface area contributed by atoms with Crippen LogP contribution in [0.2, 0.25) is 0 Å². The van der Waals surface area contributed by atoms with Gasteiger partial charge in [-0.25, -0.2) is 0 Å². The van der Waals surface area contributed by atoms with Crippen LogP contribution in [0.5, 0.6) is 0 Å². The molecule has 1 aliphatic heterocycles. The molecule has 0 amide bonds. The summed E-state index contributed by atoms with van der Waals surface area (Å²) in [5.74, 6) is 1.03. The maximum absolute atomic E-state index is 5.29. The van der Waals surface area contributed by atoms with Gasteiger partial charge in [0, 0.05) is 6.42 Å². The summed E-state index contributed by atoms with van der Waals surface area (Å²) in [5, 5.41) is 3.08. The van der Waals surface area contributed by atoms with Crippen LogP contribution in [0.3, 0.4) is 0 Å². The smallest absolute Gasteiger partial charge is 0.115 e. The summed E-state index contributed by atoms with van der Waals surface area (Å²) in [6, 6.07) is 0. The molecular weight excluding hydrogens is 138 g/mol. The Morgan fingerprint density at radius 2 is 2.64 bits per heavy atom. The number of hydrogen-bond donors (Lipinski definition) is 1.